The molecule has 0 saturated carbocycles. The van der Waals surface area contributed by atoms with Crippen molar-refractivity contribution >= 4 is 23.2 Å². The molecule has 0 aliphatic rings. The second-order valence-corrected chi connectivity index (χ2v) is 4.97. The van der Waals surface area contributed by atoms with Crippen LogP contribution in [0.5, 0.6) is 0 Å². The molecule has 3 aromatic rings. The molecular formula is C18H13FN2O3. The number of carbonyl (C=O) groups excluding carboxylic acids is 2. The van der Waals surface area contributed by atoms with Crippen LogP contribution in [0.1, 0.15) is 20.9 Å². The van der Waals surface area contributed by atoms with Gasteiger partial charge in [0.15, 0.2) is 5.76 Å². The fourth-order valence-electron chi connectivity index (χ4n) is 2.04. The normalized spacial score (nSPS) is 10.2. The fraction of sp³-hybridized carbons (Fsp3) is 0. The summed E-state index contributed by atoms with van der Waals surface area (Å²) in [6.45, 7) is 0. The first-order chi connectivity index (χ1) is 11.6. The number of rotatable bonds is 4. The molecule has 0 bridgehead atoms. The van der Waals surface area contributed by atoms with Crippen LogP contribution in [0.25, 0.3) is 0 Å². The van der Waals surface area contributed by atoms with E-state index in [1.54, 1.807) is 36.4 Å². The van der Waals surface area contributed by atoms with E-state index in [1.165, 1.54) is 30.5 Å². The predicted octanol–water partition coefficient (Wildman–Crippen LogP) is 3.92. The number of carbonyl (C=O) groups is 2. The topological polar surface area (TPSA) is 71.3 Å². The van der Waals surface area contributed by atoms with Gasteiger partial charge in [-0.1, -0.05) is 0 Å². The van der Waals surface area contributed by atoms with Crippen LogP contribution in [0.3, 0.4) is 0 Å². The molecule has 0 spiro atoms. The van der Waals surface area contributed by atoms with Gasteiger partial charge in [-0.05, 0) is 60.7 Å². The first-order valence-corrected chi connectivity index (χ1v) is 7.14. The summed E-state index contributed by atoms with van der Waals surface area (Å²) in [5.74, 6) is -0.869. The highest BCUT2D eigenvalue weighted by Gasteiger charge is 2.10. The summed E-state index contributed by atoms with van der Waals surface area (Å²) in [4.78, 5) is 24.0. The summed E-state index contributed by atoms with van der Waals surface area (Å²) in [6.07, 6.45) is 1.41. The van der Waals surface area contributed by atoms with Crippen molar-refractivity contribution in [3.63, 3.8) is 0 Å². The zero-order chi connectivity index (χ0) is 16.9. The summed E-state index contributed by atoms with van der Waals surface area (Å²) in [5, 5.41) is 5.32. The highest BCUT2D eigenvalue weighted by molar-refractivity contribution is 6.05. The van der Waals surface area contributed by atoms with Gasteiger partial charge in [-0.2, -0.15) is 0 Å². The molecule has 2 aromatic carbocycles. The molecule has 0 saturated heterocycles. The lowest BCUT2D eigenvalue weighted by atomic mass is 10.2. The van der Waals surface area contributed by atoms with E-state index in [9.17, 15) is 14.0 Å². The Labute approximate surface area is 137 Å². The van der Waals surface area contributed by atoms with Gasteiger partial charge in [0, 0.05) is 16.9 Å². The molecule has 2 amide bonds. The van der Waals surface area contributed by atoms with E-state index in [0.717, 1.165) is 0 Å². The van der Waals surface area contributed by atoms with Gasteiger partial charge in [-0.3, -0.25) is 9.59 Å². The number of furan rings is 1. The quantitative estimate of drug-likeness (QED) is 0.764. The van der Waals surface area contributed by atoms with E-state index in [0.29, 0.717) is 16.9 Å². The number of hydrogen-bond acceptors (Lipinski definition) is 3. The van der Waals surface area contributed by atoms with Crippen LogP contribution in [0.2, 0.25) is 0 Å². The van der Waals surface area contributed by atoms with Gasteiger partial charge in [0.2, 0.25) is 0 Å². The fourth-order valence-corrected chi connectivity index (χ4v) is 2.04. The van der Waals surface area contributed by atoms with E-state index < -0.39 is 0 Å². The maximum atomic E-state index is 12.8. The van der Waals surface area contributed by atoms with Crippen LogP contribution in [-0.4, -0.2) is 11.8 Å². The Morgan fingerprint density at radius 2 is 1.38 bits per heavy atom. The smallest absolute Gasteiger partial charge is 0.291 e. The summed E-state index contributed by atoms with van der Waals surface area (Å²) in [7, 11) is 0. The van der Waals surface area contributed by atoms with Crippen molar-refractivity contribution in [2.45, 2.75) is 0 Å². The average molecular weight is 324 g/mol. The molecule has 120 valence electrons. The Balaban J connectivity index is 1.64. The van der Waals surface area contributed by atoms with Crippen molar-refractivity contribution < 1.29 is 18.4 Å². The van der Waals surface area contributed by atoms with Gasteiger partial charge in [0.1, 0.15) is 5.82 Å². The Bertz CT molecular complexity index is 841. The molecule has 0 fully saturated rings. The third kappa shape index (κ3) is 3.67. The maximum absolute atomic E-state index is 12.8. The van der Waals surface area contributed by atoms with Gasteiger partial charge < -0.3 is 15.1 Å². The maximum Gasteiger partial charge on any atom is 0.291 e. The summed E-state index contributed by atoms with van der Waals surface area (Å²) in [5.41, 5.74) is 1.45. The van der Waals surface area contributed by atoms with Crippen LogP contribution in [0.15, 0.2) is 71.3 Å². The third-order valence-electron chi connectivity index (χ3n) is 3.25. The van der Waals surface area contributed by atoms with Crippen LogP contribution in [0.4, 0.5) is 15.8 Å². The van der Waals surface area contributed by atoms with Gasteiger partial charge in [0.25, 0.3) is 11.8 Å². The molecule has 2 N–H and O–H groups in total. The van der Waals surface area contributed by atoms with Crippen LogP contribution in [-0.2, 0) is 0 Å². The van der Waals surface area contributed by atoms with Crippen LogP contribution < -0.4 is 10.6 Å². The minimum atomic E-state index is -0.372. The van der Waals surface area contributed by atoms with Crippen molar-refractivity contribution in [2.75, 3.05) is 10.6 Å². The molecule has 1 aromatic heterocycles. The molecule has 5 nitrogen and oxygen atoms in total. The van der Waals surface area contributed by atoms with Crippen LogP contribution >= 0.6 is 0 Å². The van der Waals surface area contributed by atoms with Crippen molar-refractivity contribution in [1.29, 1.82) is 0 Å². The number of benzene rings is 2. The van der Waals surface area contributed by atoms with E-state index >= 15 is 0 Å². The molecule has 0 atom stereocenters. The minimum Gasteiger partial charge on any atom is -0.459 e. The second-order valence-electron chi connectivity index (χ2n) is 4.97. The van der Waals surface area contributed by atoms with E-state index in [2.05, 4.69) is 10.6 Å². The average Bonchev–Trinajstić information content (AvgIpc) is 3.12. The lowest BCUT2D eigenvalue weighted by molar-refractivity contribution is 0.0995. The largest absolute Gasteiger partial charge is 0.459 e. The monoisotopic (exact) mass is 324 g/mol. The Morgan fingerprint density at radius 3 is 1.96 bits per heavy atom. The molecule has 0 radical (unpaired) electrons. The first kappa shape index (κ1) is 15.5. The standard InChI is InChI=1S/C18H13FN2O3/c19-13-5-9-15(10-6-13)20-17(22)12-3-7-14(8-4-12)21-18(23)16-2-1-11-24-16/h1-11H,(H,20,22)(H,21,23). The van der Waals surface area contributed by atoms with Gasteiger partial charge in [-0.15, -0.1) is 0 Å². The van der Waals surface area contributed by atoms with E-state index in [-0.39, 0.29) is 23.4 Å². The van der Waals surface area contributed by atoms with Crippen LogP contribution in [0, 0.1) is 5.82 Å². The molecule has 6 heteroatoms. The first-order valence-electron chi connectivity index (χ1n) is 7.14. The van der Waals surface area contributed by atoms with Crippen molar-refractivity contribution in [2.24, 2.45) is 0 Å². The number of halogens is 1. The highest BCUT2D eigenvalue weighted by Crippen LogP contribution is 2.14. The molecule has 24 heavy (non-hydrogen) atoms. The molecule has 0 aliphatic heterocycles. The molecule has 1 heterocycles. The SMILES string of the molecule is O=C(Nc1ccc(F)cc1)c1ccc(NC(=O)c2ccco2)cc1. The summed E-state index contributed by atoms with van der Waals surface area (Å²) >= 11 is 0. The van der Waals surface area contributed by atoms with Crippen molar-refractivity contribution in [3.8, 4) is 0 Å². The molecule has 3 rings (SSSR count). The lowest BCUT2D eigenvalue weighted by Gasteiger charge is -2.07. The molecule has 0 unspecified atom stereocenters. The van der Waals surface area contributed by atoms with Crippen molar-refractivity contribution in [1.82, 2.24) is 0 Å². The minimum absolute atomic E-state index is 0.202. The Hall–Kier alpha value is -3.41. The Kier molecular flexibility index (Phi) is 4.38. The lowest BCUT2D eigenvalue weighted by Crippen LogP contribution is -2.13. The van der Waals surface area contributed by atoms with Gasteiger partial charge in [-0.25, -0.2) is 4.39 Å². The molecular weight excluding hydrogens is 311 g/mol. The number of nitrogens with one attached hydrogen (secondary N) is 2. The zero-order valence-electron chi connectivity index (χ0n) is 12.5. The predicted molar refractivity (Wildman–Crippen MR) is 87.5 cm³/mol. The van der Waals surface area contributed by atoms with Crippen molar-refractivity contribution in [3.05, 3.63) is 84.1 Å². The number of anilines is 2. The number of hydrogen-bond donors (Lipinski definition) is 2. The van der Waals surface area contributed by atoms with E-state index in [1.807, 2.05) is 0 Å². The Morgan fingerprint density at radius 1 is 0.792 bits per heavy atom. The van der Waals surface area contributed by atoms with Gasteiger partial charge >= 0.3 is 0 Å². The summed E-state index contributed by atoms with van der Waals surface area (Å²) < 4.78 is 17.8. The number of amides is 2. The van der Waals surface area contributed by atoms with E-state index in [4.69, 9.17) is 4.42 Å². The zero-order valence-corrected chi connectivity index (χ0v) is 12.5. The van der Waals surface area contributed by atoms with Gasteiger partial charge in [0.05, 0.1) is 6.26 Å². The second kappa shape index (κ2) is 6.78. The molecule has 0 aliphatic carbocycles. The summed E-state index contributed by atoms with van der Waals surface area (Å²) in [6, 6.07) is 15.0. The third-order valence-corrected chi connectivity index (χ3v) is 3.25. The highest BCUT2D eigenvalue weighted by atomic mass is 19.1.